The molecule has 0 heterocycles. The van der Waals surface area contributed by atoms with E-state index in [2.05, 4.69) is 39.9 Å². The number of esters is 1. The van der Waals surface area contributed by atoms with Crippen molar-refractivity contribution in [3.05, 3.63) is 12.2 Å². The Kier molecular flexibility index (Phi) is 5.04. The van der Waals surface area contributed by atoms with Gasteiger partial charge in [0.2, 0.25) is 5.69 Å². The van der Waals surface area contributed by atoms with E-state index in [1.54, 1.807) is 0 Å². The Balaban J connectivity index is 3.65. The van der Waals surface area contributed by atoms with Crippen LogP contribution in [0, 0.1) is 0 Å². The molecule has 7 heteroatoms. The minimum absolute atomic E-state index is 0.254. The normalized spacial score (nSPS) is 14.9. The van der Waals surface area contributed by atoms with E-state index in [9.17, 15) is 4.79 Å². The number of carbonyl (C=O) groups is 1. The molecule has 70 valence electrons. The highest BCUT2D eigenvalue weighted by molar-refractivity contribution is 8.59. The third-order valence-corrected chi connectivity index (χ3v) is 1.86. The summed E-state index contributed by atoms with van der Waals surface area (Å²) in [4.78, 5) is 19.5. The van der Waals surface area contributed by atoms with Crippen molar-refractivity contribution in [3.63, 3.8) is 0 Å². The van der Waals surface area contributed by atoms with Crippen LogP contribution >= 0.6 is 17.9 Å². The molecule has 0 radical (unpaired) electrons. The maximum Gasteiger partial charge on any atom is 0.335 e. The Morgan fingerprint density at radius 2 is 2.33 bits per heavy atom. The summed E-state index contributed by atoms with van der Waals surface area (Å²) >= 11 is 7.95. The zero-order chi connectivity index (χ0) is 9.78. The summed E-state index contributed by atoms with van der Waals surface area (Å²) in [5.41, 5.74) is -2.78. The summed E-state index contributed by atoms with van der Waals surface area (Å²) in [6.07, 6.45) is 0. The van der Waals surface area contributed by atoms with Crippen molar-refractivity contribution in [1.82, 2.24) is 0 Å². The first-order valence-electron chi connectivity index (χ1n) is 2.85. The smallest absolute Gasteiger partial charge is 0.335 e. The molecule has 4 nitrogen and oxygen atoms in total. The third-order valence-electron chi connectivity index (χ3n) is 0.759. The second-order valence-electron chi connectivity index (χ2n) is 1.95. The molecule has 1 unspecified atom stereocenters. The summed E-state index contributed by atoms with van der Waals surface area (Å²) in [6.45, 7) is 4.44. The number of carbonyl (C=O) groups excluding carboxylic acids is 1. The predicted molar refractivity (Wildman–Crippen MR) is 52.3 cm³/mol. The Morgan fingerprint density at radius 1 is 1.83 bits per heavy atom. The summed E-state index contributed by atoms with van der Waals surface area (Å²) < 4.78 is 8.98. The average molecular weight is 228 g/mol. The van der Waals surface area contributed by atoms with E-state index in [4.69, 9.17) is 4.89 Å². The van der Waals surface area contributed by atoms with Gasteiger partial charge in [0.1, 0.15) is 0 Å². The fraction of sp³-hybridized carbons (Fsp3) is 0.400. The largest absolute Gasteiger partial charge is 0.435 e. The van der Waals surface area contributed by atoms with Crippen LogP contribution in [0.5, 0.6) is 0 Å². The molecule has 1 atom stereocenters. The van der Waals surface area contributed by atoms with Crippen LogP contribution < -0.4 is 0 Å². The molecule has 0 aliphatic heterocycles. The number of ether oxygens (including phenoxy) is 1. The summed E-state index contributed by atoms with van der Waals surface area (Å²) in [7, 11) is 0. The van der Waals surface area contributed by atoms with Gasteiger partial charge in [-0.3, -0.25) is 4.52 Å². The number of rotatable bonds is 4. The molecule has 0 saturated heterocycles. The molecule has 0 aromatic carbocycles. The zero-order valence-electron chi connectivity index (χ0n) is 6.39. The second-order valence-corrected chi connectivity index (χ2v) is 7.11. The van der Waals surface area contributed by atoms with Gasteiger partial charge < -0.3 is 9.63 Å². The highest BCUT2D eigenvalue weighted by Crippen LogP contribution is 2.46. The quantitative estimate of drug-likeness (QED) is 0.249. The molecule has 1 N–H and O–H groups in total. The second kappa shape index (κ2) is 4.99. The maximum absolute atomic E-state index is 10.7. The number of hydrogen-bond acceptors (Lipinski definition) is 4. The Hall–Kier alpha value is 0.130. The molecule has 12 heavy (non-hydrogen) atoms. The molecule has 0 fully saturated rings. The summed E-state index contributed by atoms with van der Waals surface area (Å²) in [6, 6.07) is 0. The van der Waals surface area contributed by atoms with Crippen LogP contribution in [0.4, 0.5) is 0 Å². The highest BCUT2D eigenvalue weighted by atomic mass is 32.9. The van der Waals surface area contributed by atoms with Crippen molar-refractivity contribution < 1.29 is 18.9 Å². The van der Waals surface area contributed by atoms with E-state index in [0.717, 1.165) is 0 Å². The van der Waals surface area contributed by atoms with Gasteiger partial charge in [-0.25, -0.2) is 4.79 Å². The Labute approximate surface area is 80.9 Å². The summed E-state index contributed by atoms with van der Waals surface area (Å²) in [5, 5.41) is 0. The lowest BCUT2D eigenvalue weighted by Crippen LogP contribution is -2.07. The Morgan fingerprint density at radius 3 is 2.67 bits per heavy atom. The van der Waals surface area contributed by atoms with Gasteiger partial charge in [0, 0.05) is 5.57 Å². The molecule has 0 bridgehead atoms. The first-order chi connectivity index (χ1) is 5.33. The maximum atomic E-state index is 10.7. The van der Waals surface area contributed by atoms with Gasteiger partial charge in [-0.15, -0.1) is 0 Å². The van der Waals surface area contributed by atoms with Crippen molar-refractivity contribution in [2.75, 3.05) is 6.79 Å². The van der Waals surface area contributed by atoms with Crippen molar-refractivity contribution >= 4 is 35.7 Å². The fourth-order valence-corrected chi connectivity index (χ4v) is 0.732. The van der Waals surface area contributed by atoms with Crippen LogP contribution in [0.1, 0.15) is 6.92 Å². The van der Waals surface area contributed by atoms with Crippen LogP contribution in [0.2, 0.25) is 0 Å². The minimum Gasteiger partial charge on any atom is -0.435 e. The van der Waals surface area contributed by atoms with E-state index < -0.39 is 18.5 Å². The predicted octanol–water partition coefficient (Wildman–Crippen LogP) is 1.23. The van der Waals surface area contributed by atoms with Crippen molar-refractivity contribution in [3.8, 4) is 0 Å². The summed E-state index contributed by atoms with van der Waals surface area (Å²) in [5.74, 6) is -0.591. The van der Waals surface area contributed by atoms with Crippen molar-refractivity contribution in [2.45, 2.75) is 6.92 Å². The minimum atomic E-state index is -3.03. The fourth-order valence-electron chi connectivity index (χ4n) is 0.272. The van der Waals surface area contributed by atoms with Gasteiger partial charge in [-0.1, -0.05) is 18.8 Å². The SMILES string of the molecule is C=C(C)C(=O)OCOP(O)(=S)S. The van der Waals surface area contributed by atoms with E-state index in [1.807, 2.05) is 0 Å². The van der Waals surface area contributed by atoms with E-state index in [1.165, 1.54) is 6.92 Å². The third kappa shape index (κ3) is 6.82. The molecular formula is C5H9O4PS2. The van der Waals surface area contributed by atoms with E-state index >= 15 is 0 Å². The first-order valence-corrected chi connectivity index (χ1v) is 6.68. The van der Waals surface area contributed by atoms with Crippen LogP contribution in [0.25, 0.3) is 0 Å². The highest BCUT2D eigenvalue weighted by Gasteiger charge is 2.08. The molecule has 0 amide bonds. The van der Waals surface area contributed by atoms with Crippen LogP contribution in [-0.4, -0.2) is 17.7 Å². The molecule has 0 rings (SSSR count). The molecule has 0 spiro atoms. The molecule has 0 saturated carbocycles. The lowest BCUT2D eigenvalue weighted by atomic mass is 10.4. The van der Waals surface area contributed by atoms with Crippen LogP contribution in [-0.2, 0) is 25.9 Å². The van der Waals surface area contributed by atoms with Gasteiger partial charge in [0.15, 0.2) is 6.79 Å². The topological polar surface area (TPSA) is 55.8 Å². The van der Waals surface area contributed by atoms with Gasteiger partial charge in [-0.2, -0.15) is 0 Å². The van der Waals surface area contributed by atoms with Gasteiger partial charge in [0.25, 0.3) is 0 Å². The van der Waals surface area contributed by atoms with Crippen LogP contribution in [0.15, 0.2) is 12.2 Å². The molecule has 0 aliphatic carbocycles. The number of hydrogen-bond donors (Lipinski definition) is 2. The van der Waals surface area contributed by atoms with E-state index in [0.29, 0.717) is 0 Å². The van der Waals surface area contributed by atoms with Crippen molar-refractivity contribution in [2.24, 2.45) is 0 Å². The Bertz CT molecular complexity index is 234. The average Bonchev–Trinajstić information content (AvgIpc) is 1.84. The number of thiol groups is 1. The van der Waals surface area contributed by atoms with Gasteiger partial charge in [-0.05, 0) is 18.7 Å². The first kappa shape index (κ1) is 12.1. The monoisotopic (exact) mass is 228 g/mol. The molecular weight excluding hydrogens is 219 g/mol. The molecule has 0 aromatic rings. The lowest BCUT2D eigenvalue weighted by molar-refractivity contribution is -0.145. The molecule has 0 aromatic heterocycles. The van der Waals surface area contributed by atoms with Crippen LogP contribution in [0.3, 0.4) is 0 Å². The molecule has 0 aliphatic rings. The van der Waals surface area contributed by atoms with E-state index in [-0.39, 0.29) is 5.57 Å². The van der Waals surface area contributed by atoms with Crippen molar-refractivity contribution in [1.29, 1.82) is 0 Å². The van der Waals surface area contributed by atoms with Gasteiger partial charge in [0.05, 0.1) is 0 Å². The zero-order valence-corrected chi connectivity index (χ0v) is 8.99. The van der Waals surface area contributed by atoms with Gasteiger partial charge >= 0.3 is 5.97 Å². The lowest BCUT2D eigenvalue weighted by Gasteiger charge is -2.08. The standard InChI is InChI=1S/C5H9O4PS2/c1-4(2)5(6)8-3-9-10(7,11)12/h1,3H2,2H3,(H2,7,11,12).